The van der Waals surface area contributed by atoms with Gasteiger partial charge in [-0.3, -0.25) is 14.6 Å². The molecule has 2 aliphatic heterocycles. The van der Waals surface area contributed by atoms with E-state index in [2.05, 4.69) is 20.4 Å². The van der Waals surface area contributed by atoms with Crippen molar-refractivity contribution in [2.75, 3.05) is 63.9 Å². The van der Waals surface area contributed by atoms with E-state index < -0.39 is 0 Å². The number of piperazine rings is 1. The summed E-state index contributed by atoms with van der Waals surface area (Å²) < 4.78 is 0. The third kappa shape index (κ3) is 4.95. The minimum atomic E-state index is -0.000915. The molecule has 0 saturated carbocycles. The summed E-state index contributed by atoms with van der Waals surface area (Å²) in [6, 6.07) is -0.000915. The van der Waals surface area contributed by atoms with E-state index in [9.17, 15) is 4.79 Å². The quantitative estimate of drug-likeness (QED) is 0.710. The topological polar surface area (TPSA) is 47.6 Å². The summed E-state index contributed by atoms with van der Waals surface area (Å²) in [5.74, 6) is 2.63. The summed E-state index contributed by atoms with van der Waals surface area (Å²) in [6.07, 6.45) is 0. The fourth-order valence-corrected chi connectivity index (χ4v) is 3.52. The normalized spacial score (nSPS) is 24.1. The smallest absolute Gasteiger partial charge is 0.237 e. The fraction of sp³-hybridized carbons (Fsp3) is 0.923. The Morgan fingerprint density at radius 2 is 1.95 bits per heavy atom. The first kappa shape index (κ1) is 15.1. The number of amides is 1. The van der Waals surface area contributed by atoms with Crippen molar-refractivity contribution < 1.29 is 4.79 Å². The molecule has 1 unspecified atom stereocenters. The van der Waals surface area contributed by atoms with Gasteiger partial charge in [0.05, 0.1) is 6.04 Å². The SMILES string of the molecule is CC(C(=O)NCCN1CCSCC1)N1CCNCC1. The van der Waals surface area contributed by atoms with Gasteiger partial charge >= 0.3 is 0 Å². The van der Waals surface area contributed by atoms with E-state index in [1.54, 1.807) is 0 Å². The Kier molecular flexibility index (Phi) is 6.43. The number of rotatable bonds is 5. The fourth-order valence-electron chi connectivity index (χ4n) is 2.54. The van der Waals surface area contributed by atoms with E-state index >= 15 is 0 Å². The van der Waals surface area contributed by atoms with Crippen LogP contribution in [0.3, 0.4) is 0 Å². The van der Waals surface area contributed by atoms with Gasteiger partial charge in [0.2, 0.25) is 5.91 Å². The molecular weight excluding hydrogens is 260 g/mol. The van der Waals surface area contributed by atoms with Gasteiger partial charge in [-0.2, -0.15) is 11.8 Å². The summed E-state index contributed by atoms with van der Waals surface area (Å²) in [7, 11) is 0. The van der Waals surface area contributed by atoms with Crippen molar-refractivity contribution in [1.82, 2.24) is 20.4 Å². The standard InChI is InChI=1S/C13H26N4OS/c1-12(17-6-2-14-3-7-17)13(18)15-4-5-16-8-10-19-11-9-16/h12,14H,2-11H2,1H3,(H,15,18). The zero-order chi connectivity index (χ0) is 13.5. The Labute approximate surface area is 120 Å². The molecule has 1 amide bonds. The number of carbonyl (C=O) groups excluding carboxylic acids is 1. The molecule has 0 aromatic heterocycles. The van der Waals surface area contributed by atoms with Crippen LogP contribution in [0.2, 0.25) is 0 Å². The molecule has 2 aliphatic rings. The molecule has 19 heavy (non-hydrogen) atoms. The third-order valence-electron chi connectivity index (χ3n) is 3.91. The molecule has 0 aromatic carbocycles. The van der Waals surface area contributed by atoms with E-state index in [0.29, 0.717) is 0 Å². The van der Waals surface area contributed by atoms with Gasteiger partial charge < -0.3 is 10.6 Å². The molecule has 0 bridgehead atoms. The molecule has 0 spiro atoms. The molecule has 0 aromatic rings. The lowest BCUT2D eigenvalue weighted by atomic mass is 10.2. The number of hydrogen-bond acceptors (Lipinski definition) is 5. The predicted molar refractivity (Wildman–Crippen MR) is 80.7 cm³/mol. The van der Waals surface area contributed by atoms with E-state index in [4.69, 9.17) is 0 Å². The van der Waals surface area contributed by atoms with E-state index in [0.717, 1.165) is 52.4 Å². The lowest BCUT2D eigenvalue weighted by Crippen LogP contribution is -2.53. The van der Waals surface area contributed by atoms with Gasteiger partial charge in [0.25, 0.3) is 0 Å². The molecule has 0 aliphatic carbocycles. The maximum atomic E-state index is 12.1. The van der Waals surface area contributed by atoms with Gasteiger partial charge in [0.1, 0.15) is 0 Å². The molecular formula is C13H26N4OS. The van der Waals surface area contributed by atoms with Gasteiger partial charge in [-0.1, -0.05) is 0 Å². The molecule has 0 radical (unpaired) electrons. The van der Waals surface area contributed by atoms with Crippen LogP contribution in [0.4, 0.5) is 0 Å². The highest BCUT2D eigenvalue weighted by molar-refractivity contribution is 7.99. The van der Waals surface area contributed by atoms with Crippen molar-refractivity contribution in [1.29, 1.82) is 0 Å². The van der Waals surface area contributed by atoms with Gasteiger partial charge in [-0.05, 0) is 6.92 Å². The van der Waals surface area contributed by atoms with Crippen LogP contribution < -0.4 is 10.6 Å². The van der Waals surface area contributed by atoms with Gasteiger partial charge in [-0.25, -0.2) is 0 Å². The second-order valence-corrected chi connectivity index (χ2v) is 6.43. The van der Waals surface area contributed by atoms with Crippen molar-refractivity contribution in [3.8, 4) is 0 Å². The lowest BCUT2D eigenvalue weighted by molar-refractivity contribution is -0.126. The van der Waals surface area contributed by atoms with Crippen molar-refractivity contribution in [3.05, 3.63) is 0 Å². The molecule has 2 saturated heterocycles. The minimum Gasteiger partial charge on any atom is -0.353 e. The van der Waals surface area contributed by atoms with E-state index in [-0.39, 0.29) is 11.9 Å². The Bertz CT molecular complexity index is 278. The first-order valence-electron chi connectivity index (χ1n) is 7.30. The van der Waals surface area contributed by atoms with Crippen molar-refractivity contribution >= 4 is 17.7 Å². The van der Waals surface area contributed by atoms with Crippen molar-refractivity contribution in [3.63, 3.8) is 0 Å². The van der Waals surface area contributed by atoms with Gasteiger partial charge in [0.15, 0.2) is 0 Å². The second-order valence-electron chi connectivity index (χ2n) is 5.21. The van der Waals surface area contributed by atoms with Crippen molar-refractivity contribution in [2.45, 2.75) is 13.0 Å². The molecule has 1 atom stereocenters. The molecule has 6 heteroatoms. The largest absolute Gasteiger partial charge is 0.353 e. The third-order valence-corrected chi connectivity index (χ3v) is 4.85. The first-order chi connectivity index (χ1) is 9.27. The summed E-state index contributed by atoms with van der Waals surface area (Å²) in [4.78, 5) is 16.8. The van der Waals surface area contributed by atoms with Crippen LogP contribution in [-0.4, -0.2) is 85.6 Å². The summed E-state index contributed by atoms with van der Waals surface area (Å²) >= 11 is 2.02. The maximum absolute atomic E-state index is 12.1. The summed E-state index contributed by atoms with van der Waals surface area (Å²) in [5, 5.41) is 6.39. The highest BCUT2D eigenvalue weighted by Crippen LogP contribution is 2.08. The highest BCUT2D eigenvalue weighted by atomic mass is 32.2. The average molecular weight is 286 g/mol. The Morgan fingerprint density at radius 1 is 1.26 bits per heavy atom. The van der Waals surface area contributed by atoms with Crippen LogP contribution in [0.15, 0.2) is 0 Å². The lowest BCUT2D eigenvalue weighted by Gasteiger charge is -2.32. The maximum Gasteiger partial charge on any atom is 0.237 e. The van der Waals surface area contributed by atoms with Gasteiger partial charge in [-0.15, -0.1) is 0 Å². The highest BCUT2D eigenvalue weighted by Gasteiger charge is 2.22. The number of nitrogens with one attached hydrogen (secondary N) is 2. The van der Waals surface area contributed by atoms with E-state index in [1.165, 1.54) is 11.5 Å². The monoisotopic (exact) mass is 286 g/mol. The molecule has 2 fully saturated rings. The average Bonchev–Trinajstić information content (AvgIpc) is 2.48. The van der Waals surface area contributed by atoms with Crippen LogP contribution >= 0.6 is 11.8 Å². The Balaban J connectivity index is 1.62. The number of thioether (sulfide) groups is 1. The zero-order valence-electron chi connectivity index (χ0n) is 11.9. The van der Waals surface area contributed by atoms with Crippen LogP contribution in [0, 0.1) is 0 Å². The number of carbonyl (C=O) groups is 1. The molecule has 2 N–H and O–H groups in total. The van der Waals surface area contributed by atoms with Crippen molar-refractivity contribution in [2.24, 2.45) is 0 Å². The Morgan fingerprint density at radius 3 is 2.63 bits per heavy atom. The Hall–Kier alpha value is -0.300. The number of nitrogens with zero attached hydrogens (tertiary/aromatic N) is 2. The zero-order valence-corrected chi connectivity index (χ0v) is 12.7. The summed E-state index contributed by atoms with van der Waals surface area (Å²) in [5.41, 5.74) is 0. The van der Waals surface area contributed by atoms with Crippen LogP contribution in [0.1, 0.15) is 6.92 Å². The van der Waals surface area contributed by atoms with Gasteiger partial charge in [0, 0.05) is 63.9 Å². The van der Waals surface area contributed by atoms with Crippen LogP contribution in [-0.2, 0) is 4.79 Å². The summed E-state index contributed by atoms with van der Waals surface area (Å²) in [6.45, 7) is 10.0. The second kappa shape index (κ2) is 8.09. The van der Waals surface area contributed by atoms with Crippen LogP contribution in [0.25, 0.3) is 0 Å². The number of hydrogen-bond donors (Lipinski definition) is 2. The van der Waals surface area contributed by atoms with E-state index in [1.807, 2.05) is 18.7 Å². The first-order valence-corrected chi connectivity index (χ1v) is 8.45. The molecule has 2 heterocycles. The molecule has 110 valence electrons. The molecule has 2 rings (SSSR count). The predicted octanol–water partition coefficient (Wildman–Crippen LogP) is -0.555. The molecule has 5 nitrogen and oxygen atoms in total. The van der Waals surface area contributed by atoms with Crippen LogP contribution in [0.5, 0.6) is 0 Å². The minimum absolute atomic E-state index is 0.000915.